The highest BCUT2D eigenvalue weighted by atomic mass is 32.1. The number of amides is 2. The fraction of sp³-hybridized carbons (Fsp3) is 0.484. The zero-order valence-electron chi connectivity index (χ0n) is 24.5. The summed E-state index contributed by atoms with van der Waals surface area (Å²) in [5.41, 5.74) is 4.84. The molecule has 6 heterocycles. The maximum atomic E-state index is 12.9. The summed E-state index contributed by atoms with van der Waals surface area (Å²) >= 11 is 1.59. The van der Waals surface area contributed by atoms with Gasteiger partial charge in [-0.1, -0.05) is 11.3 Å². The number of rotatable bonds is 6. The summed E-state index contributed by atoms with van der Waals surface area (Å²) in [4.78, 5) is 22.1. The largest absolute Gasteiger partial charge is 0.382 e. The van der Waals surface area contributed by atoms with Crippen LogP contribution in [0.1, 0.15) is 51.5 Å². The molecule has 7 rings (SSSR count). The molecule has 3 atom stereocenters. The Morgan fingerprint density at radius 1 is 1.07 bits per heavy atom. The summed E-state index contributed by atoms with van der Waals surface area (Å²) in [6, 6.07) is 10.5. The second-order valence-corrected chi connectivity index (χ2v) is 13.2. The van der Waals surface area contributed by atoms with Crippen LogP contribution in [0.3, 0.4) is 0 Å². The number of hydrogen-bond acceptors (Lipinski definition) is 9. The number of nitrogens with zero attached hydrogens (tertiary/aromatic N) is 8. The third-order valence-electron chi connectivity index (χ3n) is 8.92. The molecular weight excluding hydrogens is 560 g/mol. The molecule has 11 nitrogen and oxygen atoms in total. The second kappa shape index (κ2) is 11.4. The highest BCUT2D eigenvalue weighted by Crippen LogP contribution is 2.41. The molecule has 2 aliphatic heterocycles. The van der Waals surface area contributed by atoms with Crippen molar-refractivity contribution in [2.24, 2.45) is 11.8 Å². The van der Waals surface area contributed by atoms with Crippen LogP contribution >= 0.6 is 11.3 Å². The Morgan fingerprint density at radius 2 is 1.86 bits per heavy atom. The summed E-state index contributed by atoms with van der Waals surface area (Å²) in [5.74, 6) is 0.849. The van der Waals surface area contributed by atoms with Gasteiger partial charge in [-0.15, -0.1) is 10.2 Å². The summed E-state index contributed by atoms with van der Waals surface area (Å²) in [5, 5.41) is 31.6. The molecule has 4 aromatic heterocycles. The summed E-state index contributed by atoms with van der Waals surface area (Å²) in [7, 11) is 0. The van der Waals surface area contributed by atoms with Crippen molar-refractivity contribution in [3.05, 3.63) is 42.2 Å². The minimum Gasteiger partial charge on any atom is -0.382 e. The van der Waals surface area contributed by atoms with Gasteiger partial charge in [0, 0.05) is 50.1 Å². The first-order chi connectivity index (χ1) is 21.0. The third-order valence-corrected chi connectivity index (χ3v) is 9.94. The molecule has 12 heteroatoms. The fourth-order valence-corrected chi connectivity index (χ4v) is 7.74. The number of pyridine rings is 1. The van der Waals surface area contributed by atoms with Gasteiger partial charge in [-0.3, -0.25) is 4.98 Å². The van der Waals surface area contributed by atoms with Gasteiger partial charge in [0.05, 0.1) is 34.2 Å². The molecule has 0 unspecified atom stereocenters. The number of anilines is 2. The van der Waals surface area contributed by atoms with Gasteiger partial charge >= 0.3 is 6.03 Å². The van der Waals surface area contributed by atoms with Crippen LogP contribution in [0.5, 0.6) is 0 Å². The van der Waals surface area contributed by atoms with Crippen LogP contribution in [0.25, 0.3) is 27.5 Å². The van der Waals surface area contributed by atoms with E-state index in [1.807, 2.05) is 35.4 Å². The molecule has 1 saturated carbocycles. The Bertz CT molecular complexity index is 1670. The number of hydrogen-bond donors (Lipinski definition) is 2. The van der Waals surface area contributed by atoms with Crippen LogP contribution in [0.15, 0.2) is 36.7 Å². The molecule has 4 aromatic rings. The zero-order chi connectivity index (χ0) is 29.5. The number of fused-ring (bicyclic) bond motifs is 3. The number of urea groups is 1. The lowest BCUT2D eigenvalue weighted by Gasteiger charge is -2.39. The molecule has 43 heavy (non-hydrogen) atoms. The van der Waals surface area contributed by atoms with Crippen LogP contribution in [0, 0.1) is 23.2 Å². The first-order valence-electron chi connectivity index (χ1n) is 15.3. The van der Waals surface area contributed by atoms with Gasteiger partial charge < -0.3 is 20.4 Å². The summed E-state index contributed by atoms with van der Waals surface area (Å²) in [6.07, 6.45) is 9.13. The fourth-order valence-electron chi connectivity index (χ4n) is 6.85. The highest BCUT2D eigenvalue weighted by Gasteiger charge is 2.44. The average Bonchev–Trinajstić information content (AvgIpc) is 3.73. The van der Waals surface area contributed by atoms with E-state index in [-0.39, 0.29) is 18.1 Å². The predicted octanol–water partition coefficient (Wildman–Crippen LogP) is 5.02. The van der Waals surface area contributed by atoms with E-state index >= 15 is 0 Å². The van der Waals surface area contributed by atoms with Crippen molar-refractivity contribution in [3.8, 4) is 28.0 Å². The number of piperidine rings is 2. The second-order valence-electron chi connectivity index (χ2n) is 12.2. The zero-order valence-corrected chi connectivity index (χ0v) is 25.3. The van der Waals surface area contributed by atoms with Crippen LogP contribution in [-0.4, -0.2) is 74.0 Å². The molecule has 2 N–H and O–H groups in total. The summed E-state index contributed by atoms with van der Waals surface area (Å²) in [6.45, 7) is 7.73. The molecular formula is C31H36N10OS. The quantitative estimate of drug-likeness (QED) is 0.318. The number of carbonyl (C=O) groups is 1. The van der Waals surface area contributed by atoms with Gasteiger partial charge in [0.25, 0.3) is 0 Å². The smallest absolute Gasteiger partial charge is 0.317 e. The Kier molecular flexibility index (Phi) is 7.34. The molecule has 3 aliphatic rings. The van der Waals surface area contributed by atoms with E-state index in [4.69, 9.17) is 4.98 Å². The molecule has 2 saturated heterocycles. The average molecular weight is 597 g/mol. The van der Waals surface area contributed by atoms with E-state index in [2.05, 4.69) is 50.7 Å². The van der Waals surface area contributed by atoms with Crippen LogP contribution in [-0.2, 0) is 0 Å². The van der Waals surface area contributed by atoms with Gasteiger partial charge in [-0.2, -0.15) is 10.4 Å². The van der Waals surface area contributed by atoms with E-state index in [0.717, 1.165) is 90.2 Å². The lowest BCUT2D eigenvalue weighted by molar-refractivity contribution is 0.173. The van der Waals surface area contributed by atoms with E-state index in [9.17, 15) is 10.1 Å². The first-order valence-corrected chi connectivity index (χ1v) is 16.1. The van der Waals surface area contributed by atoms with E-state index in [1.165, 1.54) is 6.42 Å². The van der Waals surface area contributed by atoms with Crippen LogP contribution in [0.4, 0.5) is 15.6 Å². The number of nitriles is 1. The first kappa shape index (κ1) is 27.6. The monoisotopic (exact) mass is 596 g/mol. The van der Waals surface area contributed by atoms with Gasteiger partial charge in [0.1, 0.15) is 6.07 Å². The predicted molar refractivity (Wildman–Crippen MR) is 167 cm³/mol. The minimum absolute atomic E-state index is 0.116. The maximum Gasteiger partial charge on any atom is 0.317 e. The van der Waals surface area contributed by atoms with Crippen molar-refractivity contribution in [2.75, 3.05) is 36.4 Å². The standard InChI is InChI=1S/C31H36N10OS/c1-19(2)35-25-13-26(27-9-8-23-12-20(14-32)15-34-41(23)27)33-16-24(25)29-37-38-31(43-29)40-17-21-6-7-22(18-40)28(21)36-30(42)39-10-4-3-5-11-39/h8-9,12-13,15-16,19,21-22,28H,3-7,10-11,17-18H2,1-2H3,(H,33,35)(H,36,42)/t21-,22+,28-. The van der Waals surface area contributed by atoms with Gasteiger partial charge in [-0.05, 0) is 82.1 Å². The molecule has 2 bridgehead atoms. The Hall–Kier alpha value is -4.24. The number of carbonyl (C=O) groups excluding carboxylic acids is 1. The van der Waals surface area contributed by atoms with E-state index < -0.39 is 0 Å². The van der Waals surface area contributed by atoms with Crippen molar-refractivity contribution < 1.29 is 4.79 Å². The van der Waals surface area contributed by atoms with Crippen LogP contribution < -0.4 is 15.5 Å². The summed E-state index contributed by atoms with van der Waals surface area (Å²) < 4.78 is 1.80. The normalized spacial score (nSPS) is 21.8. The topological polar surface area (TPSA) is 127 Å². The number of likely N-dealkylation sites (tertiary alicyclic amines) is 1. The maximum absolute atomic E-state index is 12.9. The Labute approximate surface area is 254 Å². The Morgan fingerprint density at radius 3 is 2.60 bits per heavy atom. The molecule has 222 valence electrons. The van der Waals surface area contributed by atoms with E-state index in [1.54, 1.807) is 22.0 Å². The molecule has 1 aliphatic carbocycles. The van der Waals surface area contributed by atoms with Gasteiger partial charge in [0.15, 0.2) is 5.01 Å². The third kappa shape index (κ3) is 5.38. The lowest BCUT2D eigenvalue weighted by Crippen LogP contribution is -2.55. The van der Waals surface area contributed by atoms with Gasteiger partial charge in [-0.25, -0.2) is 9.31 Å². The Balaban J connectivity index is 1.10. The van der Waals surface area contributed by atoms with Crippen molar-refractivity contribution in [1.29, 1.82) is 5.26 Å². The van der Waals surface area contributed by atoms with Crippen molar-refractivity contribution in [1.82, 2.24) is 35.0 Å². The highest BCUT2D eigenvalue weighted by molar-refractivity contribution is 7.18. The van der Waals surface area contributed by atoms with E-state index in [0.29, 0.717) is 17.4 Å². The van der Waals surface area contributed by atoms with Crippen LogP contribution in [0.2, 0.25) is 0 Å². The van der Waals surface area contributed by atoms with Crippen molar-refractivity contribution >= 4 is 33.7 Å². The molecule has 0 radical (unpaired) electrons. The van der Waals surface area contributed by atoms with Crippen molar-refractivity contribution in [2.45, 2.75) is 58.0 Å². The number of aromatic nitrogens is 5. The molecule has 0 aromatic carbocycles. The number of nitrogens with one attached hydrogen (secondary N) is 2. The SMILES string of the molecule is CC(C)Nc1cc(-c2ccc3cc(C#N)cnn23)ncc1-c1nnc(N2C[C@H]3CC[C@@H](C2)[C@@H]3NC(=O)N2CCCCC2)s1. The van der Waals surface area contributed by atoms with Gasteiger partial charge in [0.2, 0.25) is 5.13 Å². The minimum atomic E-state index is 0.116. The molecule has 3 fully saturated rings. The molecule has 0 spiro atoms. The van der Waals surface area contributed by atoms with Crippen molar-refractivity contribution in [3.63, 3.8) is 0 Å². The lowest BCUT2D eigenvalue weighted by atomic mass is 9.92. The molecule has 2 amide bonds.